The fourth-order valence-corrected chi connectivity index (χ4v) is 7.49. The maximum absolute atomic E-state index is 12.4. The minimum atomic E-state index is -4.42. The van der Waals surface area contributed by atoms with E-state index < -0.39 is 28.7 Å². The maximum atomic E-state index is 12.4. The number of carbonyl (C=O) groups is 2. The summed E-state index contributed by atoms with van der Waals surface area (Å²) in [6.07, 6.45) is 0. The number of aryl methyl sites for hydroxylation is 1. The van der Waals surface area contributed by atoms with Gasteiger partial charge in [0.2, 0.25) is 0 Å². The average molecular weight is 770 g/mol. The lowest BCUT2D eigenvalue weighted by molar-refractivity contribution is -0.137. The first kappa shape index (κ1) is 25.7. The molecule has 0 aliphatic rings. The highest BCUT2D eigenvalue weighted by Gasteiger charge is 2.22. The third-order valence-corrected chi connectivity index (χ3v) is 7.20. The van der Waals surface area contributed by atoms with Gasteiger partial charge in [-0.3, -0.25) is 4.55 Å². The van der Waals surface area contributed by atoms with Crippen molar-refractivity contribution in [2.45, 2.75) is 31.6 Å². The van der Waals surface area contributed by atoms with Crippen LogP contribution in [0.5, 0.6) is 5.75 Å². The van der Waals surface area contributed by atoms with E-state index in [2.05, 4.69) is 22.6 Å². The van der Waals surface area contributed by atoms with Gasteiger partial charge in [0.15, 0.2) is 6.61 Å². The predicted molar refractivity (Wildman–Crippen MR) is 136 cm³/mol. The number of carbonyl (C=O) groups excluding carboxylic acids is 2. The van der Waals surface area contributed by atoms with E-state index in [4.69, 9.17) is 9.47 Å². The van der Waals surface area contributed by atoms with E-state index in [1.807, 2.05) is 57.3 Å². The van der Waals surface area contributed by atoms with Crippen LogP contribution in [0.25, 0.3) is 0 Å². The monoisotopic (exact) mass is 770 g/mol. The molecule has 0 aliphatic carbocycles. The van der Waals surface area contributed by atoms with E-state index in [9.17, 15) is 22.6 Å². The molecule has 0 aliphatic heterocycles. The molecule has 30 heavy (non-hydrogen) atoms. The summed E-state index contributed by atoms with van der Waals surface area (Å²) < 4.78 is 45.4. The summed E-state index contributed by atoms with van der Waals surface area (Å²) in [6.45, 7) is 4.44. The Morgan fingerprint density at radius 2 is 1.63 bits per heavy atom. The van der Waals surface area contributed by atoms with Crippen molar-refractivity contribution in [3.05, 3.63) is 51.7 Å². The summed E-state index contributed by atoms with van der Waals surface area (Å²) in [5.74, 6) is -1.57. The molecule has 1 N–H and O–H groups in total. The van der Waals surface area contributed by atoms with E-state index in [0.717, 1.165) is 3.57 Å². The average Bonchev–Trinajstić information content (AvgIpc) is 2.59. The van der Waals surface area contributed by atoms with Gasteiger partial charge in [-0.15, -0.1) is 0 Å². The zero-order valence-electron chi connectivity index (χ0n) is 16.0. The molecule has 0 heterocycles. The molecule has 2 aromatic carbocycles. The molecule has 11 heteroatoms. The smallest absolute Gasteiger partial charge is 0.349 e. The van der Waals surface area contributed by atoms with E-state index in [1.165, 1.54) is 12.1 Å². The maximum Gasteiger partial charge on any atom is 0.349 e. The standard InChI is InChI=1S/C19H17I3O7S/c1-9(2)12-7-15(10(3)4-16(12)30(25,26)27)29-17(23)8-28-19(24)18-13(21)5-11(20)6-14(18)22/h4-7,9H,8H2,1-3H3,(H,25,26,27). The lowest BCUT2D eigenvalue weighted by Crippen LogP contribution is -2.20. The van der Waals surface area contributed by atoms with Crippen molar-refractivity contribution < 1.29 is 32.0 Å². The van der Waals surface area contributed by atoms with E-state index in [1.54, 1.807) is 20.8 Å². The zero-order valence-corrected chi connectivity index (χ0v) is 23.3. The van der Waals surface area contributed by atoms with Crippen molar-refractivity contribution in [3.8, 4) is 5.75 Å². The highest BCUT2D eigenvalue weighted by molar-refractivity contribution is 14.1. The van der Waals surface area contributed by atoms with Gasteiger partial charge in [0, 0.05) is 10.7 Å². The molecule has 2 rings (SSSR count). The Morgan fingerprint density at radius 1 is 1.07 bits per heavy atom. The zero-order chi connectivity index (χ0) is 22.8. The Kier molecular flexibility index (Phi) is 8.92. The number of esters is 2. The number of rotatable bonds is 6. The van der Waals surface area contributed by atoms with Gasteiger partial charge < -0.3 is 9.47 Å². The predicted octanol–water partition coefficient (Wildman–Crippen LogP) is 4.94. The molecule has 0 saturated heterocycles. The van der Waals surface area contributed by atoms with E-state index >= 15 is 0 Å². The number of hydrogen-bond acceptors (Lipinski definition) is 6. The second kappa shape index (κ2) is 10.4. The Hall–Kier alpha value is -0.520. The molecule has 7 nitrogen and oxygen atoms in total. The van der Waals surface area contributed by atoms with Crippen LogP contribution in [0.3, 0.4) is 0 Å². The molecule has 0 unspecified atom stereocenters. The number of benzene rings is 2. The van der Waals surface area contributed by atoms with Gasteiger partial charge in [-0.25, -0.2) is 9.59 Å². The van der Waals surface area contributed by atoms with Gasteiger partial charge in [0.25, 0.3) is 10.1 Å². The van der Waals surface area contributed by atoms with Crippen molar-refractivity contribution in [2.24, 2.45) is 0 Å². The first-order valence-electron chi connectivity index (χ1n) is 8.45. The second-order valence-electron chi connectivity index (χ2n) is 6.58. The minimum absolute atomic E-state index is 0.130. The number of hydrogen-bond donors (Lipinski definition) is 1. The molecule has 162 valence electrons. The van der Waals surface area contributed by atoms with E-state index in [0.29, 0.717) is 23.8 Å². The first-order chi connectivity index (χ1) is 13.8. The van der Waals surface area contributed by atoms with Crippen molar-refractivity contribution in [2.75, 3.05) is 6.61 Å². The van der Waals surface area contributed by atoms with Crippen LogP contribution in [0.2, 0.25) is 0 Å². The number of halogens is 3. The van der Waals surface area contributed by atoms with E-state index in [-0.39, 0.29) is 16.6 Å². The second-order valence-corrected chi connectivity index (χ2v) is 11.5. The summed E-state index contributed by atoms with van der Waals surface area (Å²) in [7, 11) is -4.42. The fourth-order valence-electron chi connectivity index (χ4n) is 2.55. The Balaban J connectivity index is 2.17. The first-order valence-corrected chi connectivity index (χ1v) is 13.1. The van der Waals surface area contributed by atoms with Gasteiger partial charge in [-0.2, -0.15) is 8.42 Å². The SMILES string of the molecule is Cc1cc(S(=O)(=O)O)c(C(C)C)cc1OC(=O)COC(=O)c1c(I)cc(I)cc1I. The largest absolute Gasteiger partial charge is 0.450 e. The minimum Gasteiger partial charge on any atom is -0.450 e. The van der Waals surface area contributed by atoms with Crippen LogP contribution >= 0.6 is 67.8 Å². The molecule has 0 atom stereocenters. The quantitative estimate of drug-likeness (QED) is 0.192. The van der Waals surface area contributed by atoms with Crippen LogP contribution in [0.15, 0.2) is 29.2 Å². The van der Waals surface area contributed by atoms with Crippen molar-refractivity contribution in [1.82, 2.24) is 0 Å². The lowest BCUT2D eigenvalue weighted by Gasteiger charge is -2.15. The molecule has 0 aromatic heterocycles. The molecule has 0 amide bonds. The summed E-state index contributed by atoms with van der Waals surface area (Å²) in [5, 5.41) is 0. The van der Waals surface area contributed by atoms with Crippen LogP contribution in [0.1, 0.15) is 41.3 Å². The van der Waals surface area contributed by atoms with Gasteiger partial charge >= 0.3 is 11.9 Å². The normalized spacial score (nSPS) is 11.5. The third-order valence-electron chi connectivity index (χ3n) is 3.96. The lowest BCUT2D eigenvalue weighted by atomic mass is 10.0. The van der Waals surface area contributed by atoms with Crippen molar-refractivity contribution in [1.29, 1.82) is 0 Å². The summed E-state index contributed by atoms with van der Waals surface area (Å²) in [6, 6.07) is 6.29. The molecule has 0 saturated carbocycles. The molecule has 0 radical (unpaired) electrons. The molecule has 0 bridgehead atoms. The summed E-state index contributed by atoms with van der Waals surface area (Å²) in [4.78, 5) is 24.4. The highest BCUT2D eigenvalue weighted by atomic mass is 127. The summed E-state index contributed by atoms with van der Waals surface area (Å²) >= 11 is 6.20. The van der Waals surface area contributed by atoms with Crippen LogP contribution in [0, 0.1) is 17.6 Å². The fraction of sp³-hybridized carbons (Fsp3) is 0.263. The Morgan fingerprint density at radius 3 is 2.13 bits per heavy atom. The third kappa shape index (κ3) is 6.49. The summed E-state index contributed by atoms with van der Waals surface area (Å²) in [5.41, 5.74) is 1.03. The van der Waals surface area contributed by atoms with Crippen molar-refractivity contribution in [3.63, 3.8) is 0 Å². The molecule has 0 spiro atoms. The van der Waals surface area contributed by atoms with Gasteiger partial charge in [0.1, 0.15) is 5.75 Å². The Bertz CT molecular complexity index is 1090. The van der Waals surface area contributed by atoms with Crippen LogP contribution in [-0.2, 0) is 19.6 Å². The molecular formula is C19H17I3O7S. The Labute approximate surface area is 215 Å². The topological polar surface area (TPSA) is 107 Å². The number of ether oxygens (including phenoxy) is 2. The highest BCUT2D eigenvalue weighted by Crippen LogP contribution is 2.31. The van der Waals surface area contributed by atoms with Gasteiger partial charge in [0.05, 0.1) is 10.5 Å². The van der Waals surface area contributed by atoms with Crippen LogP contribution in [-0.4, -0.2) is 31.5 Å². The van der Waals surface area contributed by atoms with Crippen LogP contribution < -0.4 is 4.74 Å². The van der Waals surface area contributed by atoms with Gasteiger partial charge in [-0.05, 0) is 116 Å². The molecule has 2 aromatic rings. The van der Waals surface area contributed by atoms with Crippen molar-refractivity contribution >= 4 is 89.8 Å². The van der Waals surface area contributed by atoms with Gasteiger partial charge in [-0.1, -0.05) is 13.8 Å². The molecular weight excluding hydrogens is 753 g/mol. The van der Waals surface area contributed by atoms with Crippen LogP contribution in [0.4, 0.5) is 0 Å². The molecule has 0 fully saturated rings.